The van der Waals surface area contributed by atoms with Gasteiger partial charge in [0.2, 0.25) is 0 Å². The van der Waals surface area contributed by atoms with E-state index in [1.165, 1.54) is 0 Å². The summed E-state index contributed by atoms with van der Waals surface area (Å²) in [5, 5.41) is 0.697. The highest BCUT2D eigenvalue weighted by Crippen LogP contribution is 2.37. The summed E-state index contributed by atoms with van der Waals surface area (Å²) in [5.74, 6) is 0.338. The Morgan fingerprint density at radius 1 is 1.11 bits per heavy atom. The fourth-order valence-electron chi connectivity index (χ4n) is 3.87. The van der Waals surface area contributed by atoms with Crippen LogP contribution in [0.1, 0.15) is 35.3 Å². The summed E-state index contributed by atoms with van der Waals surface area (Å²) in [5.41, 5.74) is 3.07. The Balaban J connectivity index is 1.87. The minimum Gasteiger partial charge on any atom is -0.496 e. The van der Waals surface area contributed by atoms with Crippen LogP contribution in [0.5, 0.6) is 5.75 Å². The quantitative estimate of drug-likeness (QED) is 0.715. The Bertz CT molecular complexity index is 1000. The molecule has 5 heteroatoms. The number of halogens is 1. The molecule has 0 bridgehead atoms. The number of nitrogens with zero attached hydrogens (tertiary/aromatic N) is 1. The molecule has 4 rings (SSSR count). The first-order valence-corrected chi connectivity index (χ1v) is 9.34. The molecule has 1 aliphatic heterocycles. The van der Waals surface area contributed by atoms with Crippen molar-refractivity contribution in [2.24, 2.45) is 0 Å². The highest BCUT2D eigenvalue weighted by atomic mass is 19.1. The maximum atomic E-state index is 14.8. The summed E-state index contributed by atoms with van der Waals surface area (Å²) in [4.78, 5) is 17.8. The number of benzene rings is 2. The molecule has 3 aromatic rings. The van der Waals surface area contributed by atoms with Gasteiger partial charge in [0, 0.05) is 24.0 Å². The Morgan fingerprint density at radius 3 is 2.59 bits per heavy atom. The van der Waals surface area contributed by atoms with E-state index in [9.17, 15) is 9.18 Å². The van der Waals surface area contributed by atoms with Gasteiger partial charge in [-0.05, 0) is 55.5 Å². The normalized spacial score (nSPS) is 14.6. The summed E-state index contributed by atoms with van der Waals surface area (Å²) in [6.45, 7) is 3.25. The van der Waals surface area contributed by atoms with E-state index in [0.717, 1.165) is 49.2 Å². The third kappa shape index (κ3) is 3.07. The van der Waals surface area contributed by atoms with Gasteiger partial charge >= 0.3 is 0 Å². The highest BCUT2D eigenvalue weighted by molar-refractivity contribution is 6.04. The number of methoxy groups -OCH3 is 1. The molecule has 140 valence electrons. The molecule has 1 saturated heterocycles. The lowest BCUT2D eigenvalue weighted by Crippen LogP contribution is -2.35. The number of likely N-dealkylation sites (tertiary alicyclic amines) is 1. The van der Waals surface area contributed by atoms with E-state index in [4.69, 9.17) is 4.74 Å². The largest absolute Gasteiger partial charge is 0.496 e. The zero-order valence-corrected chi connectivity index (χ0v) is 15.6. The van der Waals surface area contributed by atoms with E-state index in [2.05, 4.69) is 4.98 Å². The lowest BCUT2D eigenvalue weighted by molar-refractivity contribution is 0.0719. The summed E-state index contributed by atoms with van der Waals surface area (Å²) in [6, 6.07) is 11.2. The fraction of sp³-hybridized carbons (Fsp3) is 0.318. The van der Waals surface area contributed by atoms with Crippen LogP contribution in [0.25, 0.3) is 22.0 Å². The zero-order chi connectivity index (χ0) is 19.0. The van der Waals surface area contributed by atoms with Crippen LogP contribution in [0.15, 0.2) is 36.4 Å². The number of carbonyl (C=O) groups excluding carboxylic acids is 1. The highest BCUT2D eigenvalue weighted by Gasteiger charge is 2.23. The Hall–Kier alpha value is -2.82. The monoisotopic (exact) mass is 366 g/mol. The van der Waals surface area contributed by atoms with E-state index in [1.54, 1.807) is 20.1 Å². The van der Waals surface area contributed by atoms with Crippen molar-refractivity contribution in [1.29, 1.82) is 0 Å². The van der Waals surface area contributed by atoms with Crippen LogP contribution in [0.2, 0.25) is 0 Å². The zero-order valence-electron chi connectivity index (χ0n) is 15.6. The average molecular weight is 366 g/mol. The first kappa shape index (κ1) is 17.6. The van der Waals surface area contributed by atoms with Gasteiger partial charge in [0.05, 0.1) is 12.6 Å². The van der Waals surface area contributed by atoms with Crippen LogP contribution in [0.3, 0.4) is 0 Å². The molecular weight excluding hydrogens is 343 g/mol. The molecule has 0 saturated carbocycles. The van der Waals surface area contributed by atoms with Gasteiger partial charge in [0.15, 0.2) is 0 Å². The maximum absolute atomic E-state index is 14.8. The molecule has 2 heterocycles. The number of hydrogen-bond donors (Lipinski definition) is 1. The van der Waals surface area contributed by atoms with Gasteiger partial charge < -0.3 is 14.6 Å². The lowest BCUT2D eigenvalue weighted by atomic mass is 9.98. The van der Waals surface area contributed by atoms with Crippen LogP contribution < -0.4 is 4.74 Å². The van der Waals surface area contributed by atoms with Gasteiger partial charge in [0.1, 0.15) is 17.3 Å². The van der Waals surface area contributed by atoms with E-state index in [1.807, 2.05) is 35.2 Å². The van der Waals surface area contributed by atoms with Crippen LogP contribution in [0, 0.1) is 12.7 Å². The van der Waals surface area contributed by atoms with Crippen LogP contribution in [0.4, 0.5) is 4.39 Å². The second-order valence-corrected chi connectivity index (χ2v) is 7.08. The minimum absolute atomic E-state index is 0.0612. The van der Waals surface area contributed by atoms with E-state index in [-0.39, 0.29) is 11.7 Å². The molecule has 1 amide bonds. The molecule has 1 fully saturated rings. The van der Waals surface area contributed by atoms with Crippen molar-refractivity contribution in [1.82, 2.24) is 9.88 Å². The topological polar surface area (TPSA) is 45.3 Å². The number of nitrogens with one attached hydrogen (secondary N) is 1. The van der Waals surface area contributed by atoms with Crippen molar-refractivity contribution >= 4 is 16.8 Å². The first-order valence-electron chi connectivity index (χ1n) is 9.34. The van der Waals surface area contributed by atoms with Gasteiger partial charge in [-0.1, -0.05) is 18.2 Å². The van der Waals surface area contributed by atoms with Crippen molar-refractivity contribution in [3.05, 3.63) is 53.5 Å². The SMILES string of the molecule is COc1ccccc1-c1cc(C)c(F)c2[nH]c(C(=O)N3CCCCC3)cc12. The smallest absolute Gasteiger partial charge is 0.270 e. The first-order chi connectivity index (χ1) is 13.1. The predicted molar refractivity (Wildman–Crippen MR) is 105 cm³/mol. The molecule has 2 aromatic carbocycles. The number of aryl methyl sites for hydroxylation is 1. The molecule has 0 atom stereocenters. The van der Waals surface area contributed by atoms with Crippen LogP contribution in [-0.4, -0.2) is 36.0 Å². The number of carbonyl (C=O) groups is 1. The molecule has 1 N–H and O–H groups in total. The van der Waals surface area contributed by atoms with Gasteiger partial charge in [-0.2, -0.15) is 0 Å². The molecule has 0 unspecified atom stereocenters. The predicted octanol–water partition coefficient (Wildman–Crippen LogP) is 4.92. The van der Waals surface area contributed by atoms with Crippen molar-refractivity contribution in [2.75, 3.05) is 20.2 Å². The number of piperidine rings is 1. The van der Waals surface area contributed by atoms with Gasteiger partial charge in [0.25, 0.3) is 5.91 Å². The molecule has 0 radical (unpaired) electrons. The van der Waals surface area contributed by atoms with Crippen molar-refractivity contribution in [2.45, 2.75) is 26.2 Å². The third-order valence-corrected chi connectivity index (χ3v) is 5.31. The van der Waals surface area contributed by atoms with E-state index >= 15 is 0 Å². The average Bonchev–Trinajstić information content (AvgIpc) is 3.16. The van der Waals surface area contributed by atoms with Crippen LogP contribution >= 0.6 is 0 Å². The number of aromatic amines is 1. The van der Waals surface area contributed by atoms with E-state index < -0.39 is 0 Å². The number of fused-ring (bicyclic) bond motifs is 1. The maximum Gasteiger partial charge on any atom is 0.270 e. The Morgan fingerprint density at radius 2 is 1.85 bits per heavy atom. The second-order valence-electron chi connectivity index (χ2n) is 7.08. The minimum atomic E-state index is -0.318. The molecule has 0 spiro atoms. The molecule has 1 aromatic heterocycles. The number of ether oxygens (including phenoxy) is 1. The summed E-state index contributed by atoms with van der Waals surface area (Å²) >= 11 is 0. The summed E-state index contributed by atoms with van der Waals surface area (Å²) in [6.07, 6.45) is 3.19. The Labute approximate surface area is 157 Å². The number of rotatable bonds is 3. The van der Waals surface area contributed by atoms with Gasteiger partial charge in [-0.15, -0.1) is 0 Å². The number of amides is 1. The molecular formula is C22H23FN2O2. The summed E-state index contributed by atoms with van der Waals surface area (Å²) in [7, 11) is 1.62. The van der Waals surface area contributed by atoms with Crippen molar-refractivity contribution < 1.29 is 13.9 Å². The fourth-order valence-corrected chi connectivity index (χ4v) is 3.87. The number of H-pyrrole nitrogens is 1. The molecule has 27 heavy (non-hydrogen) atoms. The molecule has 4 nitrogen and oxygen atoms in total. The Kier molecular flexibility index (Phi) is 4.60. The molecule has 1 aliphatic rings. The number of para-hydroxylation sites is 1. The third-order valence-electron chi connectivity index (χ3n) is 5.31. The number of hydrogen-bond acceptors (Lipinski definition) is 2. The van der Waals surface area contributed by atoms with E-state index in [0.29, 0.717) is 22.2 Å². The van der Waals surface area contributed by atoms with Gasteiger partial charge in [-0.3, -0.25) is 4.79 Å². The van der Waals surface area contributed by atoms with Crippen LogP contribution in [-0.2, 0) is 0 Å². The van der Waals surface area contributed by atoms with Crippen molar-refractivity contribution in [3.63, 3.8) is 0 Å². The second kappa shape index (κ2) is 7.06. The lowest BCUT2D eigenvalue weighted by Gasteiger charge is -2.26. The number of aromatic nitrogens is 1. The van der Waals surface area contributed by atoms with Crippen molar-refractivity contribution in [3.8, 4) is 16.9 Å². The molecule has 0 aliphatic carbocycles. The summed E-state index contributed by atoms with van der Waals surface area (Å²) < 4.78 is 20.3. The van der Waals surface area contributed by atoms with Gasteiger partial charge in [-0.25, -0.2) is 4.39 Å². The standard InChI is InChI=1S/C22H23FN2O2/c1-14-12-16(15-8-4-5-9-19(15)27-2)17-13-18(24-21(17)20(14)23)22(26)25-10-6-3-7-11-25/h4-5,8-9,12-13,24H,3,6-7,10-11H2,1-2H3.